The van der Waals surface area contributed by atoms with Crippen molar-refractivity contribution in [2.45, 2.75) is 57.0 Å². The minimum Gasteiger partial charge on any atom is -0.324 e. The van der Waals surface area contributed by atoms with E-state index in [0.717, 1.165) is 86.2 Å². The van der Waals surface area contributed by atoms with Crippen LogP contribution in [0, 0.1) is 0 Å². The molecule has 3 aliphatic rings. The van der Waals surface area contributed by atoms with Gasteiger partial charge in [0.15, 0.2) is 0 Å². The first-order chi connectivity index (χ1) is 20.0. The van der Waals surface area contributed by atoms with Crippen LogP contribution in [0.1, 0.15) is 73.0 Å². The zero-order valence-electron chi connectivity index (χ0n) is 23.8. The Morgan fingerprint density at radius 1 is 1.10 bits per heavy atom. The van der Waals surface area contributed by atoms with Gasteiger partial charge < -0.3 is 10.6 Å². The van der Waals surface area contributed by atoms with E-state index in [4.69, 9.17) is 4.98 Å². The Balaban J connectivity index is 1.26. The molecule has 2 N–H and O–H groups in total. The van der Waals surface area contributed by atoms with Crippen LogP contribution in [-0.4, -0.2) is 61.1 Å². The number of nitrogens with one attached hydrogen (secondary N) is 2. The van der Waals surface area contributed by atoms with Gasteiger partial charge in [-0.05, 0) is 81.6 Å². The summed E-state index contributed by atoms with van der Waals surface area (Å²) in [5.41, 5.74) is 6.90. The molecule has 0 spiro atoms. The van der Waals surface area contributed by atoms with Crippen molar-refractivity contribution in [3.63, 3.8) is 0 Å². The molecule has 0 bridgehead atoms. The molecule has 1 unspecified atom stereocenters. The number of hydrogen-bond acceptors (Lipinski definition) is 8. The Morgan fingerprint density at radius 3 is 2.71 bits per heavy atom. The van der Waals surface area contributed by atoms with E-state index in [1.54, 1.807) is 4.57 Å². The third kappa shape index (κ3) is 5.17. The largest absolute Gasteiger partial charge is 0.324 e. The molecule has 1 saturated carbocycles. The monoisotopic (exact) mass is 551 g/mol. The van der Waals surface area contributed by atoms with Gasteiger partial charge in [0.05, 0.1) is 12.2 Å². The second kappa shape index (κ2) is 10.8. The molecular weight excluding hydrogens is 514 g/mol. The van der Waals surface area contributed by atoms with Crippen molar-refractivity contribution in [1.82, 2.24) is 39.7 Å². The van der Waals surface area contributed by atoms with Crippen molar-refractivity contribution in [1.29, 1.82) is 0 Å². The lowest BCUT2D eigenvalue weighted by Crippen LogP contribution is -2.36. The summed E-state index contributed by atoms with van der Waals surface area (Å²) in [7, 11) is 4.05. The first kappa shape index (κ1) is 26.0. The quantitative estimate of drug-likeness (QED) is 0.353. The predicted molar refractivity (Wildman–Crippen MR) is 160 cm³/mol. The first-order valence-electron chi connectivity index (χ1n) is 14.8. The fraction of sp³-hybridized carbons (Fsp3) is 0.452. The average Bonchev–Trinajstić information content (AvgIpc) is 3.77. The number of aromatic nitrogens is 6. The highest BCUT2D eigenvalue weighted by Crippen LogP contribution is 2.41. The van der Waals surface area contributed by atoms with Gasteiger partial charge in [0.2, 0.25) is 5.95 Å². The average molecular weight is 552 g/mol. The number of nitrogens with zero attached hydrogens (tertiary/aromatic N) is 7. The number of anilines is 2. The topological polar surface area (TPSA) is 106 Å². The normalized spacial score (nSPS) is 19.9. The van der Waals surface area contributed by atoms with Crippen molar-refractivity contribution >= 4 is 28.2 Å². The van der Waals surface area contributed by atoms with Crippen LogP contribution in [0.15, 0.2) is 47.4 Å². The van der Waals surface area contributed by atoms with Gasteiger partial charge in [-0.2, -0.15) is 4.98 Å². The van der Waals surface area contributed by atoms with Crippen molar-refractivity contribution in [2.75, 3.05) is 32.0 Å². The SMILES string of the molecule is CN1CCCCC1c1cc2cnc(Nc3ccc(C4=CCNCC4)cc3)nc2n(Cc2nnn(C)c2C2CC2)c1=O. The van der Waals surface area contributed by atoms with E-state index in [9.17, 15) is 4.79 Å². The molecule has 7 rings (SSSR count). The number of likely N-dealkylation sites (tertiary alicyclic amines) is 1. The molecule has 212 valence electrons. The van der Waals surface area contributed by atoms with E-state index < -0.39 is 0 Å². The van der Waals surface area contributed by atoms with Gasteiger partial charge >= 0.3 is 0 Å². The van der Waals surface area contributed by atoms with Crippen LogP contribution in [0.2, 0.25) is 0 Å². The second-order valence-electron chi connectivity index (χ2n) is 11.7. The molecule has 1 aliphatic carbocycles. The molecule has 1 aromatic carbocycles. The maximum atomic E-state index is 14.2. The lowest BCUT2D eigenvalue weighted by atomic mass is 9.96. The number of fused-ring (bicyclic) bond motifs is 1. The van der Waals surface area contributed by atoms with Crippen LogP contribution in [0.3, 0.4) is 0 Å². The molecule has 0 amide bonds. The summed E-state index contributed by atoms with van der Waals surface area (Å²) in [5.74, 6) is 0.929. The molecule has 4 aromatic rings. The minimum absolute atomic E-state index is 0.00657. The number of hydrogen-bond donors (Lipinski definition) is 2. The molecule has 0 radical (unpaired) electrons. The molecule has 2 aliphatic heterocycles. The van der Waals surface area contributed by atoms with E-state index in [1.807, 2.05) is 24.0 Å². The fourth-order valence-corrected chi connectivity index (χ4v) is 6.40. The van der Waals surface area contributed by atoms with Crippen LogP contribution in [0.5, 0.6) is 0 Å². The molecule has 41 heavy (non-hydrogen) atoms. The zero-order valence-corrected chi connectivity index (χ0v) is 23.8. The third-order valence-corrected chi connectivity index (χ3v) is 8.78. The highest BCUT2D eigenvalue weighted by atomic mass is 16.1. The van der Waals surface area contributed by atoms with Gasteiger partial charge in [0.1, 0.15) is 11.3 Å². The highest BCUT2D eigenvalue weighted by Gasteiger charge is 2.31. The molecular formula is C31H37N9O. The van der Waals surface area contributed by atoms with Gasteiger partial charge in [-0.15, -0.1) is 5.10 Å². The van der Waals surface area contributed by atoms with Gasteiger partial charge in [-0.3, -0.25) is 18.9 Å². The Morgan fingerprint density at radius 2 is 1.95 bits per heavy atom. The van der Waals surface area contributed by atoms with E-state index in [1.165, 1.54) is 11.1 Å². The predicted octanol–water partition coefficient (Wildman–Crippen LogP) is 4.12. The lowest BCUT2D eigenvalue weighted by Gasteiger charge is -2.32. The van der Waals surface area contributed by atoms with Gasteiger partial charge in [0.25, 0.3) is 5.56 Å². The van der Waals surface area contributed by atoms with E-state index >= 15 is 0 Å². The summed E-state index contributed by atoms with van der Waals surface area (Å²) in [6.45, 7) is 3.25. The number of pyridine rings is 1. The Bertz CT molecular complexity index is 1670. The summed E-state index contributed by atoms with van der Waals surface area (Å²) in [6.07, 6.45) is 10.6. The van der Waals surface area contributed by atoms with Crippen LogP contribution in [-0.2, 0) is 13.6 Å². The summed E-state index contributed by atoms with van der Waals surface area (Å²) in [4.78, 5) is 26.0. The minimum atomic E-state index is -0.00657. The van der Waals surface area contributed by atoms with Crippen LogP contribution in [0.4, 0.5) is 11.6 Å². The van der Waals surface area contributed by atoms with Crippen molar-refractivity contribution in [3.8, 4) is 0 Å². The lowest BCUT2D eigenvalue weighted by molar-refractivity contribution is 0.186. The van der Waals surface area contributed by atoms with E-state index in [0.29, 0.717) is 24.1 Å². The Hall–Kier alpha value is -3.89. The van der Waals surface area contributed by atoms with E-state index in [-0.39, 0.29) is 11.6 Å². The van der Waals surface area contributed by atoms with Crippen molar-refractivity contribution < 1.29 is 0 Å². The summed E-state index contributed by atoms with van der Waals surface area (Å²) < 4.78 is 3.66. The Labute approximate surface area is 239 Å². The maximum absolute atomic E-state index is 14.2. The number of benzene rings is 1. The molecule has 1 atom stereocenters. The number of piperidine rings is 1. The van der Waals surface area contributed by atoms with Crippen LogP contribution in [0.25, 0.3) is 16.6 Å². The standard InChI is InChI=1S/C31H37N9O/c1-38-16-4-3-5-27(38)25-17-23-18-33-31(34-24-10-8-20(9-11-24)21-12-14-32-15-13-21)35-29(23)40(30(25)41)19-26-28(22-6-7-22)39(2)37-36-26/h8-12,17-18,22,27,32H,3-7,13-16,19H2,1-2H3,(H,33,34,35). The summed E-state index contributed by atoms with van der Waals surface area (Å²) in [6, 6.07) is 10.5. The molecule has 5 heterocycles. The smallest absolute Gasteiger partial charge is 0.257 e. The molecule has 10 nitrogen and oxygen atoms in total. The van der Waals surface area contributed by atoms with Crippen molar-refractivity contribution in [2.24, 2.45) is 7.05 Å². The van der Waals surface area contributed by atoms with Gasteiger partial charge in [0, 0.05) is 48.4 Å². The van der Waals surface area contributed by atoms with Crippen molar-refractivity contribution in [3.05, 3.63) is 75.5 Å². The number of aryl methyl sites for hydroxylation is 1. The van der Waals surface area contributed by atoms with Crippen LogP contribution < -0.4 is 16.2 Å². The molecule has 3 aromatic heterocycles. The number of rotatable bonds is 7. The van der Waals surface area contributed by atoms with E-state index in [2.05, 4.69) is 68.2 Å². The van der Waals surface area contributed by atoms with Gasteiger partial charge in [-0.1, -0.05) is 29.8 Å². The molecule has 10 heteroatoms. The maximum Gasteiger partial charge on any atom is 0.257 e. The molecule has 1 saturated heterocycles. The van der Waals surface area contributed by atoms with Crippen LogP contribution >= 0.6 is 0 Å². The van der Waals surface area contributed by atoms with Gasteiger partial charge in [-0.25, -0.2) is 4.98 Å². The summed E-state index contributed by atoms with van der Waals surface area (Å²) >= 11 is 0. The Kier molecular flexibility index (Phi) is 6.88. The summed E-state index contributed by atoms with van der Waals surface area (Å²) in [5, 5.41) is 16.4. The molecule has 2 fully saturated rings. The first-order valence-corrected chi connectivity index (χ1v) is 14.8. The third-order valence-electron chi connectivity index (χ3n) is 8.78. The highest BCUT2D eigenvalue weighted by molar-refractivity contribution is 5.77. The fourth-order valence-electron chi connectivity index (χ4n) is 6.40. The zero-order chi connectivity index (χ0) is 27.9. The second-order valence-corrected chi connectivity index (χ2v) is 11.7.